The van der Waals surface area contributed by atoms with Crippen LogP contribution >= 0.6 is 11.3 Å². The molecule has 0 aliphatic heterocycles. The number of ether oxygens (including phenoxy) is 1. The number of anilines is 1. The molecule has 0 saturated carbocycles. The van der Waals surface area contributed by atoms with E-state index in [4.69, 9.17) is 5.73 Å². The number of nitrogen functional groups attached to an aromatic ring is 1. The quantitative estimate of drug-likeness (QED) is 0.528. The van der Waals surface area contributed by atoms with Crippen molar-refractivity contribution in [2.24, 2.45) is 0 Å². The number of rotatable bonds is 4. The zero-order valence-electron chi connectivity index (χ0n) is 5.82. The van der Waals surface area contributed by atoms with Gasteiger partial charge in [0.1, 0.15) is 5.82 Å². The van der Waals surface area contributed by atoms with Crippen molar-refractivity contribution < 1.29 is 9.53 Å². The summed E-state index contributed by atoms with van der Waals surface area (Å²) in [6.07, 6.45) is 0.648. The normalized spacial score (nSPS) is 9.45. The highest BCUT2D eigenvalue weighted by molar-refractivity contribution is 7.10. The van der Waals surface area contributed by atoms with Crippen molar-refractivity contribution in [1.29, 1.82) is 0 Å². The second kappa shape index (κ2) is 3.92. The first kappa shape index (κ1) is 8.00. The Morgan fingerprint density at radius 3 is 3.18 bits per heavy atom. The first-order valence-electron chi connectivity index (χ1n) is 3.07. The lowest BCUT2D eigenvalue weighted by Crippen LogP contribution is -1.97. The maximum absolute atomic E-state index is 9.75. The Balaban J connectivity index is 2.38. The highest BCUT2D eigenvalue weighted by Crippen LogP contribution is 2.15. The Hall–Kier alpha value is -1.10. The summed E-state index contributed by atoms with van der Waals surface area (Å²) in [5, 5.41) is 0. The maximum atomic E-state index is 9.75. The Bertz CT molecular complexity index is 236. The Kier molecular flexibility index (Phi) is 2.85. The fourth-order valence-corrected chi connectivity index (χ4v) is 1.33. The van der Waals surface area contributed by atoms with E-state index in [1.165, 1.54) is 11.3 Å². The molecule has 2 N–H and O–H groups in total. The van der Waals surface area contributed by atoms with Gasteiger partial charge in [0.05, 0.1) is 17.0 Å². The van der Waals surface area contributed by atoms with Crippen LogP contribution in [0.4, 0.5) is 5.82 Å². The molecule has 0 aliphatic carbocycles. The number of hydrogen-bond acceptors (Lipinski definition) is 5. The van der Waals surface area contributed by atoms with Gasteiger partial charge in [0, 0.05) is 6.42 Å². The molecule has 1 rings (SSSR count). The van der Waals surface area contributed by atoms with Gasteiger partial charge >= 0.3 is 0 Å². The smallest absolute Gasteiger partial charge is 0.293 e. The molecule has 0 unspecified atom stereocenters. The third-order valence-corrected chi connectivity index (χ3v) is 2.10. The van der Waals surface area contributed by atoms with Crippen molar-refractivity contribution in [2.75, 3.05) is 12.3 Å². The number of carbonyl (C=O) groups is 1. The van der Waals surface area contributed by atoms with Gasteiger partial charge in [-0.3, -0.25) is 4.79 Å². The Labute approximate surface area is 68.0 Å². The van der Waals surface area contributed by atoms with Gasteiger partial charge in [-0.1, -0.05) is 0 Å². The van der Waals surface area contributed by atoms with Crippen molar-refractivity contribution in [1.82, 2.24) is 4.98 Å². The molecule has 1 aromatic rings. The van der Waals surface area contributed by atoms with Gasteiger partial charge in [-0.25, -0.2) is 4.98 Å². The van der Waals surface area contributed by atoms with E-state index >= 15 is 0 Å². The molecule has 0 fully saturated rings. The fraction of sp³-hybridized carbons (Fsp3) is 0.333. The third kappa shape index (κ3) is 2.19. The van der Waals surface area contributed by atoms with Crippen LogP contribution in [0.2, 0.25) is 0 Å². The number of nitrogens with two attached hydrogens (primary N) is 1. The van der Waals surface area contributed by atoms with Gasteiger partial charge in [-0.15, -0.1) is 11.3 Å². The molecular weight excluding hydrogens is 164 g/mol. The first-order valence-corrected chi connectivity index (χ1v) is 3.95. The summed E-state index contributed by atoms with van der Waals surface area (Å²) in [4.78, 5) is 14.6. The molecule has 0 aliphatic rings. The SMILES string of the molecule is Nc1ncsc1CCOC=O. The standard InChI is InChI=1S/C6H8N2O2S/c7-6-5(11-3-8-6)1-2-10-4-9/h3-4H,1-2,7H2. The average molecular weight is 172 g/mol. The zero-order chi connectivity index (χ0) is 8.10. The molecule has 0 bridgehead atoms. The predicted octanol–water partition coefficient (Wildman–Crippen LogP) is 0.441. The lowest BCUT2D eigenvalue weighted by molar-refractivity contribution is -0.128. The molecular formula is C6H8N2O2S. The van der Waals surface area contributed by atoms with Crippen LogP contribution in [0.25, 0.3) is 0 Å². The Morgan fingerprint density at radius 2 is 2.64 bits per heavy atom. The van der Waals surface area contributed by atoms with E-state index in [1.54, 1.807) is 5.51 Å². The van der Waals surface area contributed by atoms with Crippen molar-refractivity contribution in [3.63, 3.8) is 0 Å². The number of aromatic nitrogens is 1. The lowest BCUT2D eigenvalue weighted by atomic mass is 10.4. The molecule has 4 nitrogen and oxygen atoms in total. The first-order chi connectivity index (χ1) is 5.34. The van der Waals surface area contributed by atoms with Crippen LogP contribution in [0.15, 0.2) is 5.51 Å². The van der Waals surface area contributed by atoms with E-state index in [1.807, 2.05) is 0 Å². The summed E-state index contributed by atoms with van der Waals surface area (Å²) in [6.45, 7) is 0.799. The number of nitrogens with zero attached hydrogens (tertiary/aromatic N) is 1. The molecule has 0 aromatic carbocycles. The molecule has 5 heteroatoms. The van der Waals surface area contributed by atoms with Crippen LogP contribution in [0.1, 0.15) is 4.88 Å². The van der Waals surface area contributed by atoms with Gasteiger partial charge in [0.15, 0.2) is 0 Å². The molecule has 60 valence electrons. The van der Waals surface area contributed by atoms with Gasteiger partial charge in [-0.2, -0.15) is 0 Å². The van der Waals surface area contributed by atoms with Crippen molar-refractivity contribution >= 4 is 23.6 Å². The molecule has 11 heavy (non-hydrogen) atoms. The highest BCUT2D eigenvalue weighted by Gasteiger charge is 2.00. The topological polar surface area (TPSA) is 65.2 Å². The summed E-state index contributed by atoms with van der Waals surface area (Å²) in [6, 6.07) is 0. The van der Waals surface area contributed by atoms with Crippen LogP contribution in [-0.2, 0) is 16.0 Å². The van der Waals surface area contributed by atoms with E-state index in [0.29, 0.717) is 25.3 Å². The second-order valence-corrected chi connectivity index (χ2v) is 2.82. The van der Waals surface area contributed by atoms with E-state index in [-0.39, 0.29) is 0 Å². The number of thiazole rings is 1. The number of carbonyl (C=O) groups excluding carboxylic acids is 1. The van der Waals surface area contributed by atoms with Crippen molar-refractivity contribution in [3.8, 4) is 0 Å². The minimum Gasteiger partial charge on any atom is -0.468 e. The van der Waals surface area contributed by atoms with Gasteiger partial charge in [0.25, 0.3) is 6.47 Å². The Morgan fingerprint density at radius 1 is 1.82 bits per heavy atom. The third-order valence-electron chi connectivity index (χ3n) is 1.19. The predicted molar refractivity (Wildman–Crippen MR) is 42.2 cm³/mol. The van der Waals surface area contributed by atoms with Crippen molar-refractivity contribution in [2.45, 2.75) is 6.42 Å². The van der Waals surface area contributed by atoms with E-state index in [9.17, 15) is 4.79 Å². The zero-order valence-corrected chi connectivity index (χ0v) is 6.63. The van der Waals surface area contributed by atoms with Crippen LogP contribution in [0.3, 0.4) is 0 Å². The molecule has 0 atom stereocenters. The lowest BCUT2D eigenvalue weighted by Gasteiger charge is -1.95. The van der Waals surface area contributed by atoms with Crippen LogP contribution in [0.5, 0.6) is 0 Å². The number of hydrogen-bond donors (Lipinski definition) is 1. The summed E-state index contributed by atoms with van der Waals surface area (Å²) < 4.78 is 4.50. The highest BCUT2D eigenvalue weighted by atomic mass is 32.1. The van der Waals surface area contributed by atoms with Crippen LogP contribution < -0.4 is 5.73 Å². The van der Waals surface area contributed by atoms with Gasteiger partial charge < -0.3 is 10.5 Å². The van der Waals surface area contributed by atoms with E-state index in [0.717, 1.165) is 4.88 Å². The van der Waals surface area contributed by atoms with Crippen LogP contribution in [0, 0.1) is 0 Å². The molecule has 1 aromatic heterocycles. The minimum absolute atomic E-state index is 0.371. The molecule has 1 heterocycles. The average Bonchev–Trinajstić information content (AvgIpc) is 2.37. The largest absolute Gasteiger partial charge is 0.468 e. The second-order valence-electron chi connectivity index (χ2n) is 1.88. The molecule has 0 radical (unpaired) electrons. The van der Waals surface area contributed by atoms with Crippen LogP contribution in [-0.4, -0.2) is 18.1 Å². The molecule has 0 amide bonds. The van der Waals surface area contributed by atoms with Gasteiger partial charge in [-0.05, 0) is 0 Å². The molecule has 0 saturated heterocycles. The van der Waals surface area contributed by atoms with E-state index in [2.05, 4.69) is 9.72 Å². The van der Waals surface area contributed by atoms with E-state index < -0.39 is 0 Å². The summed E-state index contributed by atoms with van der Waals surface area (Å²) in [5.41, 5.74) is 7.15. The van der Waals surface area contributed by atoms with Gasteiger partial charge in [0.2, 0.25) is 0 Å². The maximum Gasteiger partial charge on any atom is 0.293 e. The molecule has 0 spiro atoms. The summed E-state index contributed by atoms with van der Waals surface area (Å²) in [5.74, 6) is 0.532. The summed E-state index contributed by atoms with van der Waals surface area (Å²) in [7, 11) is 0. The monoisotopic (exact) mass is 172 g/mol. The summed E-state index contributed by atoms with van der Waals surface area (Å²) >= 11 is 1.47. The fourth-order valence-electron chi connectivity index (χ4n) is 0.666. The van der Waals surface area contributed by atoms with Crippen molar-refractivity contribution in [3.05, 3.63) is 10.4 Å². The minimum atomic E-state index is 0.371.